The molecule has 0 radical (unpaired) electrons. The number of hydrogen-bond donors (Lipinski definition) is 1. The molecule has 1 aromatic rings. The number of nitrogens with zero attached hydrogens (tertiary/aromatic N) is 1. The van der Waals surface area contributed by atoms with Crippen molar-refractivity contribution >= 4 is 21.7 Å². The van der Waals surface area contributed by atoms with Crippen LogP contribution in [0.5, 0.6) is 11.5 Å². The highest BCUT2D eigenvalue weighted by Gasteiger charge is 2.39. The number of carbonyl (C=O) groups is 1. The molecule has 0 amide bonds. The molecule has 0 saturated heterocycles. The van der Waals surface area contributed by atoms with Crippen LogP contribution < -0.4 is 15.2 Å². The molecular weight excluding hydrogens is 400 g/mol. The van der Waals surface area contributed by atoms with Crippen molar-refractivity contribution in [3.63, 3.8) is 0 Å². The number of nitrogens with two attached hydrogens (primary N) is 1. The molecular formula is C19H19BrN2O4. The lowest BCUT2D eigenvalue weighted by atomic mass is 9.77. The molecule has 2 aliphatic rings. The number of hydrogen-bond acceptors (Lipinski definition) is 6. The van der Waals surface area contributed by atoms with Crippen LogP contribution in [0, 0.1) is 11.3 Å². The van der Waals surface area contributed by atoms with Crippen molar-refractivity contribution in [2.45, 2.75) is 32.1 Å². The fourth-order valence-electron chi connectivity index (χ4n) is 3.37. The normalized spacial score (nSPS) is 19.6. The van der Waals surface area contributed by atoms with E-state index in [9.17, 15) is 10.1 Å². The zero-order valence-corrected chi connectivity index (χ0v) is 16.2. The second-order valence-corrected chi connectivity index (χ2v) is 6.85. The van der Waals surface area contributed by atoms with Crippen LogP contribution in [0.15, 0.2) is 39.4 Å². The molecule has 1 heterocycles. The summed E-state index contributed by atoms with van der Waals surface area (Å²) in [5, 5.41) is 9.66. The number of methoxy groups -OCH3 is 1. The fourth-order valence-corrected chi connectivity index (χ4v) is 3.92. The molecule has 6 nitrogen and oxygen atoms in total. The Morgan fingerprint density at radius 2 is 2.15 bits per heavy atom. The summed E-state index contributed by atoms with van der Waals surface area (Å²) in [6.45, 7) is 2.33. The number of ether oxygens (including phenoxy) is 3. The van der Waals surface area contributed by atoms with Crippen LogP contribution in [0.2, 0.25) is 0 Å². The molecule has 1 aliphatic carbocycles. The number of Topliss-reactive ketones (excluding diaryl/α,β-unsaturated/α-hetero) is 1. The minimum Gasteiger partial charge on any atom is -0.493 e. The molecule has 2 N–H and O–H groups in total. The van der Waals surface area contributed by atoms with E-state index < -0.39 is 5.92 Å². The molecule has 136 valence electrons. The number of allylic oxidation sites excluding steroid dienone is 3. The highest BCUT2D eigenvalue weighted by atomic mass is 79.9. The van der Waals surface area contributed by atoms with Gasteiger partial charge in [-0.25, -0.2) is 0 Å². The SMILES string of the molecule is CCOc1cc([C@H]2C(C#N)=C(N)OC3=C2C(=O)CCC3)c(Br)cc1OC. The lowest BCUT2D eigenvalue weighted by Gasteiger charge is -2.31. The van der Waals surface area contributed by atoms with Gasteiger partial charge < -0.3 is 19.9 Å². The zero-order chi connectivity index (χ0) is 18.8. The van der Waals surface area contributed by atoms with Crippen molar-refractivity contribution in [2.24, 2.45) is 5.73 Å². The van der Waals surface area contributed by atoms with Crippen molar-refractivity contribution in [2.75, 3.05) is 13.7 Å². The quantitative estimate of drug-likeness (QED) is 0.801. The van der Waals surface area contributed by atoms with E-state index in [1.54, 1.807) is 19.2 Å². The van der Waals surface area contributed by atoms with Gasteiger partial charge in [0.25, 0.3) is 0 Å². The summed E-state index contributed by atoms with van der Waals surface area (Å²) in [7, 11) is 1.56. The van der Waals surface area contributed by atoms with Gasteiger partial charge in [-0.3, -0.25) is 4.79 Å². The summed E-state index contributed by atoms with van der Waals surface area (Å²) in [4.78, 5) is 12.6. The van der Waals surface area contributed by atoms with Crippen LogP contribution in [0.1, 0.15) is 37.7 Å². The molecule has 0 saturated carbocycles. The fraction of sp³-hybridized carbons (Fsp3) is 0.368. The number of benzene rings is 1. The Labute approximate surface area is 160 Å². The van der Waals surface area contributed by atoms with Crippen LogP contribution >= 0.6 is 15.9 Å². The number of rotatable bonds is 4. The molecule has 0 bridgehead atoms. The number of nitriles is 1. The van der Waals surface area contributed by atoms with Gasteiger partial charge in [0.15, 0.2) is 17.3 Å². The van der Waals surface area contributed by atoms with Crippen molar-refractivity contribution in [3.05, 3.63) is 45.0 Å². The predicted molar refractivity (Wildman–Crippen MR) is 98.4 cm³/mol. The van der Waals surface area contributed by atoms with Crippen molar-refractivity contribution in [1.82, 2.24) is 0 Å². The molecule has 0 aromatic heterocycles. The Morgan fingerprint density at radius 3 is 2.81 bits per heavy atom. The average molecular weight is 419 g/mol. The second-order valence-electron chi connectivity index (χ2n) is 6.00. The third-order valence-electron chi connectivity index (χ3n) is 4.50. The lowest BCUT2D eigenvalue weighted by Crippen LogP contribution is -2.27. The van der Waals surface area contributed by atoms with E-state index in [2.05, 4.69) is 22.0 Å². The van der Waals surface area contributed by atoms with Gasteiger partial charge in [-0.05, 0) is 31.0 Å². The Balaban J connectivity index is 2.22. The molecule has 7 heteroatoms. The highest BCUT2D eigenvalue weighted by Crippen LogP contribution is 2.47. The van der Waals surface area contributed by atoms with Crippen LogP contribution in [0.25, 0.3) is 0 Å². The maximum atomic E-state index is 12.6. The average Bonchev–Trinajstić information content (AvgIpc) is 2.62. The minimum atomic E-state index is -0.587. The van der Waals surface area contributed by atoms with Crippen LogP contribution in [-0.2, 0) is 9.53 Å². The summed E-state index contributed by atoms with van der Waals surface area (Å²) < 4.78 is 17.3. The molecule has 0 spiro atoms. The Hall–Kier alpha value is -2.46. The molecule has 26 heavy (non-hydrogen) atoms. The van der Waals surface area contributed by atoms with Crippen LogP contribution in [-0.4, -0.2) is 19.5 Å². The molecule has 1 atom stereocenters. The maximum Gasteiger partial charge on any atom is 0.205 e. The summed E-state index contributed by atoms with van der Waals surface area (Å²) in [5.74, 6) is 1.11. The largest absolute Gasteiger partial charge is 0.493 e. The van der Waals surface area contributed by atoms with Gasteiger partial charge in [-0.1, -0.05) is 15.9 Å². The smallest absolute Gasteiger partial charge is 0.205 e. The van der Waals surface area contributed by atoms with E-state index in [1.165, 1.54) is 0 Å². The van der Waals surface area contributed by atoms with Crippen molar-refractivity contribution < 1.29 is 19.0 Å². The van der Waals surface area contributed by atoms with Gasteiger partial charge in [0, 0.05) is 22.9 Å². The van der Waals surface area contributed by atoms with Gasteiger partial charge in [-0.15, -0.1) is 0 Å². The van der Waals surface area contributed by atoms with E-state index in [0.717, 1.165) is 5.56 Å². The first-order valence-electron chi connectivity index (χ1n) is 8.35. The first-order valence-corrected chi connectivity index (χ1v) is 9.15. The molecule has 1 aliphatic heterocycles. The summed E-state index contributed by atoms with van der Waals surface area (Å²) in [6.07, 6.45) is 1.78. The number of halogens is 1. The Kier molecular flexibility index (Phi) is 5.23. The maximum absolute atomic E-state index is 12.6. The minimum absolute atomic E-state index is 0.0165. The van der Waals surface area contributed by atoms with Gasteiger partial charge in [0.05, 0.1) is 19.6 Å². The van der Waals surface area contributed by atoms with E-state index in [-0.39, 0.29) is 17.2 Å². The monoisotopic (exact) mass is 418 g/mol. The first kappa shape index (κ1) is 18.3. The highest BCUT2D eigenvalue weighted by molar-refractivity contribution is 9.10. The van der Waals surface area contributed by atoms with E-state index in [1.807, 2.05) is 6.92 Å². The summed E-state index contributed by atoms with van der Waals surface area (Å²) in [5.41, 5.74) is 7.45. The molecule has 0 fully saturated rings. The van der Waals surface area contributed by atoms with Crippen molar-refractivity contribution in [3.8, 4) is 17.6 Å². The van der Waals surface area contributed by atoms with Crippen LogP contribution in [0.4, 0.5) is 0 Å². The molecule has 1 aromatic carbocycles. The zero-order valence-electron chi connectivity index (χ0n) is 14.6. The second kappa shape index (κ2) is 7.42. The van der Waals surface area contributed by atoms with Crippen molar-refractivity contribution in [1.29, 1.82) is 5.26 Å². The Bertz CT molecular complexity index is 867. The number of carbonyl (C=O) groups excluding carboxylic acids is 1. The number of ketones is 1. The predicted octanol–water partition coefficient (Wildman–Crippen LogP) is 3.67. The van der Waals surface area contributed by atoms with Crippen LogP contribution in [0.3, 0.4) is 0 Å². The third-order valence-corrected chi connectivity index (χ3v) is 5.19. The van der Waals surface area contributed by atoms with Gasteiger partial charge in [0.1, 0.15) is 17.4 Å². The summed E-state index contributed by atoms with van der Waals surface area (Å²) >= 11 is 3.54. The standard InChI is InChI=1S/C19H19BrN2O4/c1-3-25-16-7-10(12(20)8-15(16)24-2)17-11(9-21)19(22)26-14-6-4-5-13(23)18(14)17/h7-8,17H,3-6,22H2,1-2H3/t17-/m0/s1. The molecule has 3 rings (SSSR count). The topological polar surface area (TPSA) is 94.6 Å². The third kappa shape index (κ3) is 3.06. The van der Waals surface area contributed by atoms with Gasteiger partial charge in [0.2, 0.25) is 5.88 Å². The Morgan fingerprint density at radius 1 is 1.38 bits per heavy atom. The van der Waals surface area contributed by atoms with Gasteiger partial charge >= 0.3 is 0 Å². The lowest BCUT2D eigenvalue weighted by molar-refractivity contribution is -0.116. The van der Waals surface area contributed by atoms with E-state index in [0.29, 0.717) is 53.2 Å². The van der Waals surface area contributed by atoms with E-state index >= 15 is 0 Å². The molecule has 0 unspecified atom stereocenters. The van der Waals surface area contributed by atoms with E-state index in [4.69, 9.17) is 19.9 Å². The first-order chi connectivity index (χ1) is 12.5. The van der Waals surface area contributed by atoms with Gasteiger partial charge in [-0.2, -0.15) is 5.26 Å². The summed E-state index contributed by atoms with van der Waals surface area (Å²) in [6, 6.07) is 5.68.